The molecule has 1 saturated heterocycles. The molecule has 1 amide bonds. The molecular weight excluding hydrogens is 518 g/mol. The fourth-order valence-corrected chi connectivity index (χ4v) is 3.96. The number of nitrogens with zero attached hydrogens (tertiary/aromatic N) is 4. The Hall–Kier alpha value is -3.41. The van der Waals surface area contributed by atoms with Gasteiger partial charge in [-0.3, -0.25) is 0 Å². The topological polar surface area (TPSA) is 89.5 Å². The maximum absolute atomic E-state index is 14.8. The van der Waals surface area contributed by atoms with Crippen molar-refractivity contribution in [1.82, 2.24) is 19.9 Å². The van der Waals surface area contributed by atoms with Crippen LogP contribution in [0, 0.1) is 5.82 Å². The van der Waals surface area contributed by atoms with E-state index in [2.05, 4.69) is 20.3 Å². The Morgan fingerprint density at radius 3 is 2.65 bits per heavy atom. The summed E-state index contributed by atoms with van der Waals surface area (Å²) >= 11 is 6.04. The molecule has 0 spiro atoms. The second kappa shape index (κ2) is 10.2. The average Bonchev–Trinajstić information content (AvgIpc) is 3.23. The van der Waals surface area contributed by atoms with Crippen molar-refractivity contribution in [2.75, 3.05) is 18.4 Å². The first-order valence-electron chi connectivity index (χ1n) is 11.4. The standard InChI is InChI=1S/C24H24ClF4N5O3/c1-23(2,3)37-22(35)34-7-6-15(11-34)36-21-17(26)9-18-19(33-21)20(31-12-30-18)32-14-5-4-13(16(25)8-14)10-24(27,28)29/h4-5,8-9,12,15H,6-7,10-11H2,1-3H3,(H,30,31,32)/t15-/m0/s1. The number of rotatable bonds is 5. The van der Waals surface area contributed by atoms with Gasteiger partial charge in [0.15, 0.2) is 11.6 Å². The number of pyridine rings is 1. The predicted octanol–water partition coefficient (Wildman–Crippen LogP) is 6.05. The highest BCUT2D eigenvalue weighted by Gasteiger charge is 2.32. The number of amides is 1. The zero-order chi connectivity index (χ0) is 27.0. The van der Waals surface area contributed by atoms with Crippen molar-refractivity contribution in [3.05, 3.63) is 47.0 Å². The molecule has 13 heteroatoms. The minimum Gasteiger partial charge on any atom is -0.470 e. The largest absolute Gasteiger partial charge is 0.470 e. The quantitative estimate of drug-likeness (QED) is 0.393. The van der Waals surface area contributed by atoms with Gasteiger partial charge in [-0.25, -0.2) is 24.1 Å². The number of halogens is 5. The van der Waals surface area contributed by atoms with E-state index < -0.39 is 36.2 Å². The minimum absolute atomic E-state index is 0.0693. The first-order chi connectivity index (χ1) is 17.3. The summed E-state index contributed by atoms with van der Waals surface area (Å²) in [4.78, 5) is 26.2. The molecule has 4 rings (SSSR count). The van der Waals surface area contributed by atoms with Crippen LogP contribution in [-0.2, 0) is 11.2 Å². The molecule has 3 aromatic rings. The number of likely N-dealkylation sites (tertiary alicyclic amines) is 1. The molecule has 1 atom stereocenters. The number of benzene rings is 1. The van der Waals surface area contributed by atoms with E-state index in [0.717, 1.165) is 6.07 Å². The Bertz CT molecular complexity index is 1320. The van der Waals surface area contributed by atoms with E-state index in [1.807, 2.05) is 0 Å². The van der Waals surface area contributed by atoms with E-state index in [-0.39, 0.29) is 39.9 Å². The number of aromatic nitrogens is 3. The zero-order valence-electron chi connectivity index (χ0n) is 20.2. The molecule has 1 aliphatic heterocycles. The molecule has 3 heterocycles. The number of anilines is 2. The Kier molecular flexibility index (Phi) is 7.31. The van der Waals surface area contributed by atoms with E-state index in [1.54, 1.807) is 20.8 Å². The van der Waals surface area contributed by atoms with Crippen LogP contribution in [0.2, 0.25) is 5.02 Å². The molecule has 198 valence electrons. The lowest BCUT2D eigenvalue weighted by molar-refractivity contribution is -0.127. The number of hydrogen-bond donors (Lipinski definition) is 1. The molecule has 1 aromatic carbocycles. The number of alkyl halides is 3. The summed E-state index contributed by atoms with van der Waals surface area (Å²) in [5, 5.41) is 2.87. The third-order valence-electron chi connectivity index (χ3n) is 5.31. The van der Waals surface area contributed by atoms with Crippen molar-refractivity contribution in [2.24, 2.45) is 0 Å². The van der Waals surface area contributed by atoms with Crippen LogP contribution >= 0.6 is 11.6 Å². The lowest BCUT2D eigenvalue weighted by Crippen LogP contribution is -2.36. The summed E-state index contributed by atoms with van der Waals surface area (Å²) in [6.07, 6.45) is -4.89. The van der Waals surface area contributed by atoms with Crippen LogP contribution in [0.1, 0.15) is 32.8 Å². The highest BCUT2D eigenvalue weighted by atomic mass is 35.5. The predicted molar refractivity (Wildman–Crippen MR) is 129 cm³/mol. The summed E-state index contributed by atoms with van der Waals surface area (Å²) in [7, 11) is 0. The van der Waals surface area contributed by atoms with Crippen molar-refractivity contribution < 1.29 is 31.8 Å². The van der Waals surface area contributed by atoms with Crippen molar-refractivity contribution in [3.8, 4) is 5.88 Å². The SMILES string of the molecule is CC(C)(C)OC(=O)N1CC[C@H](Oc2nc3c(Nc4ccc(CC(F)(F)F)c(Cl)c4)ncnc3cc2F)C1. The van der Waals surface area contributed by atoms with Gasteiger partial charge in [0.25, 0.3) is 5.88 Å². The fraction of sp³-hybridized carbons (Fsp3) is 0.417. The number of ether oxygens (including phenoxy) is 2. The average molecular weight is 542 g/mol. The zero-order valence-corrected chi connectivity index (χ0v) is 21.0. The highest BCUT2D eigenvalue weighted by molar-refractivity contribution is 6.31. The van der Waals surface area contributed by atoms with E-state index in [9.17, 15) is 22.4 Å². The van der Waals surface area contributed by atoms with Crippen molar-refractivity contribution in [2.45, 2.75) is 51.5 Å². The summed E-state index contributed by atoms with van der Waals surface area (Å²) in [5.41, 5.74) is 0.00249. The smallest absolute Gasteiger partial charge is 0.410 e. The minimum atomic E-state index is -4.39. The first-order valence-corrected chi connectivity index (χ1v) is 11.7. The first kappa shape index (κ1) is 26.6. The molecule has 0 bridgehead atoms. The van der Waals surface area contributed by atoms with Gasteiger partial charge in [-0.1, -0.05) is 17.7 Å². The third kappa shape index (κ3) is 6.88. The van der Waals surface area contributed by atoms with Gasteiger partial charge in [-0.15, -0.1) is 0 Å². The molecule has 0 unspecified atom stereocenters. The number of fused-ring (bicyclic) bond motifs is 1. The second-order valence-electron chi connectivity index (χ2n) is 9.54. The Balaban J connectivity index is 1.52. The maximum atomic E-state index is 14.8. The van der Waals surface area contributed by atoms with Gasteiger partial charge in [0.05, 0.1) is 18.5 Å². The third-order valence-corrected chi connectivity index (χ3v) is 5.67. The summed E-state index contributed by atoms with van der Waals surface area (Å²) in [6, 6.07) is 5.16. The Morgan fingerprint density at radius 2 is 1.97 bits per heavy atom. The van der Waals surface area contributed by atoms with Crippen molar-refractivity contribution in [1.29, 1.82) is 0 Å². The molecule has 2 aromatic heterocycles. The number of carbonyl (C=O) groups is 1. The molecule has 1 fully saturated rings. The number of carbonyl (C=O) groups excluding carboxylic acids is 1. The molecule has 1 aliphatic rings. The van der Waals surface area contributed by atoms with Crippen LogP contribution in [-0.4, -0.2) is 56.9 Å². The van der Waals surface area contributed by atoms with Crippen LogP contribution in [0.15, 0.2) is 30.6 Å². The van der Waals surface area contributed by atoms with Crippen LogP contribution in [0.25, 0.3) is 11.0 Å². The summed E-state index contributed by atoms with van der Waals surface area (Å²) in [5.74, 6) is -0.858. The van der Waals surface area contributed by atoms with E-state index in [4.69, 9.17) is 21.1 Å². The lowest BCUT2D eigenvalue weighted by atomic mass is 10.1. The van der Waals surface area contributed by atoms with E-state index in [0.29, 0.717) is 18.7 Å². The molecule has 0 radical (unpaired) electrons. The second-order valence-corrected chi connectivity index (χ2v) is 9.95. The van der Waals surface area contributed by atoms with Crippen LogP contribution in [0.5, 0.6) is 5.88 Å². The van der Waals surface area contributed by atoms with Gasteiger partial charge in [-0.05, 0) is 38.5 Å². The summed E-state index contributed by atoms with van der Waals surface area (Å²) in [6.45, 7) is 5.88. The molecule has 37 heavy (non-hydrogen) atoms. The van der Waals surface area contributed by atoms with Crippen molar-refractivity contribution >= 4 is 40.2 Å². The molecular formula is C24H24ClF4N5O3. The monoisotopic (exact) mass is 541 g/mol. The molecule has 1 N–H and O–H groups in total. The Labute approximate surface area is 215 Å². The maximum Gasteiger partial charge on any atom is 0.410 e. The fourth-order valence-electron chi connectivity index (χ4n) is 3.71. The van der Waals surface area contributed by atoms with Gasteiger partial charge in [0.1, 0.15) is 23.5 Å². The van der Waals surface area contributed by atoms with Crippen molar-refractivity contribution in [3.63, 3.8) is 0 Å². The molecule has 0 saturated carbocycles. The number of nitrogens with one attached hydrogen (secondary N) is 1. The van der Waals surface area contributed by atoms with Gasteiger partial charge in [0.2, 0.25) is 0 Å². The highest BCUT2D eigenvalue weighted by Crippen LogP contribution is 2.31. The van der Waals surface area contributed by atoms with E-state index >= 15 is 0 Å². The Morgan fingerprint density at radius 1 is 1.22 bits per heavy atom. The summed E-state index contributed by atoms with van der Waals surface area (Å²) < 4.78 is 64.0. The molecule has 0 aliphatic carbocycles. The normalized spacial score (nSPS) is 16.2. The van der Waals surface area contributed by atoms with Crippen LogP contribution < -0.4 is 10.1 Å². The van der Waals surface area contributed by atoms with E-state index in [1.165, 1.54) is 29.4 Å². The van der Waals surface area contributed by atoms with Gasteiger partial charge in [0, 0.05) is 29.7 Å². The van der Waals surface area contributed by atoms with Gasteiger partial charge >= 0.3 is 12.3 Å². The lowest BCUT2D eigenvalue weighted by Gasteiger charge is -2.24. The van der Waals surface area contributed by atoms with Crippen LogP contribution in [0.3, 0.4) is 0 Å². The van der Waals surface area contributed by atoms with Gasteiger partial charge < -0.3 is 19.7 Å². The van der Waals surface area contributed by atoms with Gasteiger partial charge in [-0.2, -0.15) is 13.2 Å². The van der Waals surface area contributed by atoms with Crippen LogP contribution in [0.4, 0.5) is 33.9 Å². The molecule has 8 nitrogen and oxygen atoms in total. The number of hydrogen-bond acceptors (Lipinski definition) is 7.